The van der Waals surface area contributed by atoms with Gasteiger partial charge in [0.1, 0.15) is 15.7 Å². The summed E-state index contributed by atoms with van der Waals surface area (Å²) in [7, 11) is -4.08. The van der Waals surface area contributed by atoms with Gasteiger partial charge in [-0.3, -0.25) is 4.72 Å². The summed E-state index contributed by atoms with van der Waals surface area (Å²) in [5.41, 5.74) is 5.08. The van der Waals surface area contributed by atoms with Crippen LogP contribution in [0.5, 0.6) is 0 Å². The molecule has 2 rings (SSSR count). The van der Waals surface area contributed by atoms with Crippen LogP contribution in [0.2, 0.25) is 0 Å². The fourth-order valence-corrected chi connectivity index (χ4v) is 3.63. The minimum absolute atomic E-state index is 0.0793. The summed E-state index contributed by atoms with van der Waals surface area (Å²) in [4.78, 5) is 3.21. The molecule has 0 unspecified atom stereocenters. The molecule has 0 amide bonds. The Morgan fingerprint density at radius 1 is 1.33 bits per heavy atom. The maximum absolute atomic E-state index is 13.8. The number of sulfonamides is 1. The summed E-state index contributed by atoms with van der Waals surface area (Å²) < 4.78 is 41.2. The average Bonchev–Trinajstić information content (AvgIpc) is 2.40. The maximum Gasteiger partial charge on any atom is 0.263 e. The predicted octanol–water partition coefficient (Wildman–Crippen LogP) is 2.42. The van der Waals surface area contributed by atoms with Gasteiger partial charge in [-0.05, 0) is 40.2 Å². The van der Waals surface area contributed by atoms with Crippen LogP contribution in [-0.2, 0) is 10.0 Å². The van der Waals surface area contributed by atoms with Gasteiger partial charge in [0.15, 0.2) is 5.82 Å². The summed E-state index contributed by atoms with van der Waals surface area (Å²) in [6.07, 6.45) is 1.42. The Balaban J connectivity index is 2.53. The molecule has 110 valence electrons. The van der Waals surface area contributed by atoms with Crippen molar-refractivity contribution < 1.29 is 12.8 Å². The number of nitrogens with zero attached hydrogens (tertiary/aromatic N) is 1. The van der Waals surface area contributed by atoms with Crippen LogP contribution in [0.1, 0.15) is 5.56 Å². The summed E-state index contributed by atoms with van der Waals surface area (Å²) in [6, 6.07) is 6.81. The van der Waals surface area contributed by atoms with Crippen LogP contribution in [0, 0.1) is 5.82 Å². The summed E-state index contributed by atoms with van der Waals surface area (Å²) in [5, 5.41) is 0. The third-order valence-electron chi connectivity index (χ3n) is 2.50. The first-order valence-electron chi connectivity index (χ1n) is 5.54. The minimum atomic E-state index is -4.08. The number of pyridine rings is 1. The normalized spacial score (nSPS) is 11.1. The third-order valence-corrected chi connectivity index (χ3v) is 4.73. The molecule has 0 aliphatic carbocycles. The van der Waals surface area contributed by atoms with Crippen molar-refractivity contribution in [1.29, 1.82) is 0 Å². The largest absolute Gasteiger partial charge is 0.389 e. The monoisotopic (exact) mass is 389 g/mol. The molecule has 9 heteroatoms. The third kappa shape index (κ3) is 3.36. The molecule has 0 aliphatic heterocycles. The summed E-state index contributed by atoms with van der Waals surface area (Å²) in [5.74, 6) is -0.721. The second kappa shape index (κ2) is 6.04. The Labute approximate surface area is 134 Å². The zero-order chi connectivity index (χ0) is 15.6. The molecule has 0 saturated heterocycles. The van der Waals surface area contributed by atoms with E-state index >= 15 is 0 Å². The highest BCUT2D eigenvalue weighted by molar-refractivity contribution is 9.10. The Hall–Kier alpha value is -1.58. The zero-order valence-corrected chi connectivity index (χ0v) is 13.6. The van der Waals surface area contributed by atoms with Gasteiger partial charge in [-0.2, -0.15) is 0 Å². The predicted molar refractivity (Wildman–Crippen MR) is 85.0 cm³/mol. The van der Waals surface area contributed by atoms with E-state index in [1.54, 1.807) is 12.1 Å². The first-order chi connectivity index (χ1) is 9.83. The first-order valence-corrected chi connectivity index (χ1v) is 8.23. The Kier molecular flexibility index (Phi) is 4.55. The van der Waals surface area contributed by atoms with E-state index in [1.807, 2.05) is 0 Å². The zero-order valence-electron chi connectivity index (χ0n) is 10.4. The van der Waals surface area contributed by atoms with Gasteiger partial charge in [-0.1, -0.05) is 18.3 Å². The molecule has 0 aliphatic rings. The van der Waals surface area contributed by atoms with Crippen molar-refractivity contribution in [1.82, 2.24) is 4.98 Å². The lowest BCUT2D eigenvalue weighted by atomic mass is 10.2. The molecule has 0 fully saturated rings. The lowest BCUT2D eigenvalue weighted by Crippen LogP contribution is -2.21. The number of halogens is 2. The molecule has 0 bridgehead atoms. The number of aromatic nitrogens is 1. The highest BCUT2D eigenvalue weighted by Crippen LogP contribution is 2.25. The molecule has 21 heavy (non-hydrogen) atoms. The number of anilines is 1. The van der Waals surface area contributed by atoms with Gasteiger partial charge in [-0.15, -0.1) is 0 Å². The molecule has 0 radical (unpaired) electrons. The first kappa shape index (κ1) is 15.8. The number of hydrogen-bond donors (Lipinski definition) is 2. The Morgan fingerprint density at radius 3 is 2.67 bits per heavy atom. The standard InChI is InChI=1S/C12H9BrFN3O2S2/c13-7-3-2-6-16-12(7)17-21(18,19)9-5-1-4-8(14)10(9)11(15)20/h1-6H,(H2,15,20)(H,16,17). The van der Waals surface area contributed by atoms with E-state index in [9.17, 15) is 12.8 Å². The summed E-state index contributed by atoms with van der Waals surface area (Å²) in [6.45, 7) is 0. The van der Waals surface area contributed by atoms with Crippen molar-refractivity contribution in [2.45, 2.75) is 4.90 Å². The lowest BCUT2D eigenvalue weighted by Gasteiger charge is -2.12. The van der Waals surface area contributed by atoms with E-state index in [2.05, 4.69) is 25.6 Å². The highest BCUT2D eigenvalue weighted by Gasteiger charge is 2.23. The maximum atomic E-state index is 13.8. The molecule has 3 N–H and O–H groups in total. The van der Waals surface area contributed by atoms with Crippen LogP contribution >= 0.6 is 28.1 Å². The van der Waals surface area contributed by atoms with Crippen LogP contribution < -0.4 is 10.5 Å². The van der Waals surface area contributed by atoms with E-state index < -0.39 is 15.8 Å². The number of benzene rings is 1. The van der Waals surface area contributed by atoms with Gasteiger partial charge in [0.25, 0.3) is 10.0 Å². The smallest absolute Gasteiger partial charge is 0.263 e. The van der Waals surface area contributed by atoms with Crippen LogP contribution in [0.3, 0.4) is 0 Å². The molecular weight excluding hydrogens is 381 g/mol. The molecule has 1 aromatic heterocycles. The van der Waals surface area contributed by atoms with Crippen LogP contribution in [0.4, 0.5) is 10.2 Å². The highest BCUT2D eigenvalue weighted by atomic mass is 79.9. The average molecular weight is 390 g/mol. The van der Waals surface area contributed by atoms with E-state index in [-0.39, 0.29) is 21.3 Å². The van der Waals surface area contributed by atoms with Gasteiger partial charge >= 0.3 is 0 Å². The van der Waals surface area contributed by atoms with Crippen LogP contribution in [-0.4, -0.2) is 18.4 Å². The van der Waals surface area contributed by atoms with E-state index in [0.29, 0.717) is 4.47 Å². The van der Waals surface area contributed by atoms with Gasteiger partial charge < -0.3 is 5.73 Å². The minimum Gasteiger partial charge on any atom is -0.389 e. The van der Waals surface area contributed by atoms with E-state index in [0.717, 1.165) is 6.07 Å². The van der Waals surface area contributed by atoms with Gasteiger partial charge in [-0.25, -0.2) is 17.8 Å². The number of rotatable bonds is 4. The molecule has 2 aromatic rings. The Bertz CT molecular complexity index is 812. The number of nitrogens with one attached hydrogen (secondary N) is 1. The fraction of sp³-hybridized carbons (Fsp3) is 0. The quantitative estimate of drug-likeness (QED) is 0.784. The second-order valence-electron chi connectivity index (χ2n) is 3.92. The van der Waals surface area contributed by atoms with E-state index in [4.69, 9.17) is 18.0 Å². The van der Waals surface area contributed by atoms with Crippen molar-refractivity contribution >= 4 is 49.0 Å². The fourth-order valence-electron chi connectivity index (χ4n) is 1.61. The molecule has 1 heterocycles. The number of hydrogen-bond acceptors (Lipinski definition) is 4. The van der Waals surface area contributed by atoms with Crippen molar-refractivity contribution in [3.8, 4) is 0 Å². The van der Waals surface area contributed by atoms with Crippen LogP contribution in [0.25, 0.3) is 0 Å². The molecule has 5 nitrogen and oxygen atoms in total. The SMILES string of the molecule is NC(=S)c1c(F)cccc1S(=O)(=O)Nc1ncccc1Br. The molecule has 0 saturated carbocycles. The van der Waals surface area contributed by atoms with Crippen molar-refractivity contribution in [2.75, 3.05) is 4.72 Å². The van der Waals surface area contributed by atoms with Crippen LogP contribution in [0.15, 0.2) is 45.9 Å². The van der Waals surface area contributed by atoms with Crippen molar-refractivity contribution in [3.05, 3.63) is 52.4 Å². The lowest BCUT2D eigenvalue weighted by molar-refractivity contribution is 0.594. The van der Waals surface area contributed by atoms with Crippen molar-refractivity contribution in [2.24, 2.45) is 5.73 Å². The number of thiocarbonyl (C=S) groups is 1. The molecule has 0 spiro atoms. The van der Waals surface area contributed by atoms with Gasteiger partial charge in [0.05, 0.1) is 10.0 Å². The second-order valence-corrected chi connectivity index (χ2v) is 6.86. The van der Waals surface area contributed by atoms with Crippen molar-refractivity contribution in [3.63, 3.8) is 0 Å². The molecule has 0 atom stereocenters. The Morgan fingerprint density at radius 2 is 2.05 bits per heavy atom. The molecule has 1 aromatic carbocycles. The van der Waals surface area contributed by atoms with Gasteiger partial charge in [0.2, 0.25) is 0 Å². The topological polar surface area (TPSA) is 85.1 Å². The number of nitrogens with two attached hydrogens (primary N) is 1. The van der Waals surface area contributed by atoms with E-state index in [1.165, 1.54) is 18.3 Å². The molecular formula is C12H9BrFN3O2S2. The summed E-state index contributed by atoms with van der Waals surface area (Å²) >= 11 is 7.89. The van der Waals surface area contributed by atoms with Gasteiger partial charge in [0, 0.05) is 6.20 Å².